The monoisotopic (exact) mass is 192 g/mol. The second-order valence-corrected chi connectivity index (χ2v) is 2.71. The number of benzene rings is 1. The molecule has 0 aliphatic heterocycles. The zero-order valence-electron chi connectivity index (χ0n) is 7.63. The Labute approximate surface area is 82.3 Å². The summed E-state index contributed by atoms with van der Waals surface area (Å²) in [4.78, 5) is 11.9. The highest BCUT2D eigenvalue weighted by Gasteiger charge is 2.18. The standard InChI is InChI=1S/C10H12N2O2/c1-2-9(11)12(10(13)14)8-6-4-3-5-7-8/h2-7,9H,1,11H2,(H,13,14). The summed E-state index contributed by atoms with van der Waals surface area (Å²) < 4.78 is 0. The third-order valence-corrected chi connectivity index (χ3v) is 1.78. The van der Waals surface area contributed by atoms with Gasteiger partial charge in [0.1, 0.15) is 6.17 Å². The summed E-state index contributed by atoms with van der Waals surface area (Å²) in [7, 11) is 0. The Balaban J connectivity index is 3.00. The first-order chi connectivity index (χ1) is 6.66. The van der Waals surface area contributed by atoms with Crippen molar-refractivity contribution in [2.45, 2.75) is 6.17 Å². The maximum Gasteiger partial charge on any atom is 0.413 e. The van der Waals surface area contributed by atoms with Gasteiger partial charge in [0.25, 0.3) is 0 Å². The van der Waals surface area contributed by atoms with Crippen molar-refractivity contribution in [1.29, 1.82) is 0 Å². The van der Waals surface area contributed by atoms with E-state index in [-0.39, 0.29) is 0 Å². The number of carbonyl (C=O) groups is 1. The van der Waals surface area contributed by atoms with E-state index in [1.54, 1.807) is 24.3 Å². The van der Waals surface area contributed by atoms with Crippen molar-refractivity contribution in [3.05, 3.63) is 43.0 Å². The smallest absolute Gasteiger partial charge is 0.413 e. The molecule has 0 aromatic heterocycles. The minimum Gasteiger partial charge on any atom is -0.465 e. The molecule has 0 fully saturated rings. The number of hydrogen-bond donors (Lipinski definition) is 2. The van der Waals surface area contributed by atoms with E-state index in [9.17, 15) is 4.79 Å². The predicted molar refractivity (Wildman–Crippen MR) is 55.1 cm³/mol. The lowest BCUT2D eigenvalue weighted by Crippen LogP contribution is -2.44. The Bertz CT molecular complexity index is 324. The molecule has 4 nitrogen and oxygen atoms in total. The second-order valence-electron chi connectivity index (χ2n) is 2.71. The van der Waals surface area contributed by atoms with Gasteiger partial charge in [0.2, 0.25) is 0 Å². The second kappa shape index (κ2) is 4.43. The van der Waals surface area contributed by atoms with Crippen molar-refractivity contribution in [3.8, 4) is 0 Å². The minimum atomic E-state index is -1.09. The van der Waals surface area contributed by atoms with Gasteiger partial charge in [-0.3, -0.25) is 4.90 Å². The molecule has 0 saturated heterocycles. The van der Waals surface area contributed by atoms with E-state index in [0.717, 1.165) is 4.90 Å². The molecule has 0 spiro atoms. The third-order valence-electron chi connectivity index (χ3n) is 1.78. The molecule has 0 aliphatic carbocycles. The molecule has 0 aliphatic rings. The number of para-hydroxylation sites is 1. The minimum absolute atomic E-state index is 0.535. The third kappa shape index (κ3) is 2.11. The number of nitrogens with two attached hydrogens (primary N) is 1. The van der Waals surface area contributed by atoms with E-state index in [1.165, 1.54) is 6.08 Å². The van der Waals surface area contributed by atoms with Gasteiger partial charge in [0, 0.05) is 5.69 Å². The van der Waals surface area contributed by atoms with Crippen LogP contribution in [0.4, 0.5) is 10.5 Å². The van der Waals surface area contributed by atoms with Crippen molar-refractivity contribution in [1.82, 2.24) is 0 Å². The Kier molecular flexibility index (Phi) is 3.25. The number of hydrogen-bond acceptors (Lipinski definition) is 2. The molecule has 1 aromatic carbocycles. The fourth-order valence-corrected chi connectivity index (χ4v) is 1.10. The Hall–Kier alpha value is -1.81. The van der Waals surface area contributed by atoms with Gasteiger partial charge in [-0.2, -0.15) is 0 Å². The van der Waals surface area contributed by atoms with Gasteiger partial charge in [-0.1, -0.05) is 30.9 Å². The molecule has 3 N–H and O–H groups in total. The molecule has 1 aromatic rings. The molecular weight excluding hydrogens is 180 g/mol. The van der Waals surface area contributed by atoms with E-state index in [4.69, 9.17) is 10.8 Å². The van der Waals surface area contributed by atoms with Gasteiger partial charge >= 0.3 is 6.09 Å². The highest BCUT2D eigenvalue weighted by atomic mass is 16.4. The van der Waals surface area contributed by atoms with Gasteiger partial charge in [0.05, 0.1) is 0 Å². The highest BCUT2D eigenvalue weighted by molar-refractivity contribution is 5.86. The molecule has 74 valence electrons. The molecule has 1 atom stereocenters. The van der Waals surface area contributed by atoms with Crippen LogP contribution >= 0.6 is 0 Å². The normalized spacial score (nSPS) is 11.8. The number of rotatable bonds is 3. The van der Waals surface area contributed by atoms with E-state index in [2.05, 4.69) is 6.58 Å². The van der Waals surface area contributed by atoms with Crippen LogP contribution in [-0.4, -0.2) is 17.4 Å². The molecule has 14 heavy (non-hydrogen) atoms. The SMILES string of the molecule is C=CC(N)N(C(=O)O)c1ccccc1. The van der Waals surface area contributed by atoms with Crippen LogP contribution in [0.1, 0.15) is 0 Å². The number of anilines is 1. The largest absolute Gasteiger partial charge is 0.465 e. The lowest BCUT2D eigenvalue weighted by molar-refractivity contribution is 0.200. The molecule has 0 radical (unpaired) electrons. The quantitative estimate of drug-likeness (QED) is 0.565. The summed E-state index contributed by atoms with van der Waals surface area (Å²) in [5.41, 5.74) is 6.11. The fourth-order valence-electron chi connectivity index (χ4n) is 1.10. The molecule has 1 unspecified atom stereocenters. The zero-order valence-corrected chi connectivity index (χ0v) is 7.63. The van der Waals surface area contributed by atoms with Crippen LogP contribution in [0, 0.1) is 0 Å². The van der Waals surface area contributed by atoms with E-state index >= 15 is 0 Å². The first-order valence-electron chi connectivity index (χ1n) is 4.12. The average molecular weight is 192 g/mol. The van der Waals surface area contributed by atoms with Crippen LogP contribution in [0.15, 0.2) is 43.0 Å². The molecule has 0 saturated carbocycles. The van der Waals surface area contributed by atoms with Crippen molar-refractivity contribution in [2.75, 3.05) is 4.90 Å². The van der Waals surface area contributed by atoms with Crippen LogP contribution < -0.4 is 10.6 Å². The van der Waals surface area contributed by atoms with Crippen LogP contribution in [0.2, 0.25) is 0 Å². The van der Waals surface area contributed by atoms with Crippen LogP contribution in [0.25, 0.3) is 0 Å². The number of nitrogens with zero attached hydrogens (tertiary/aromatic N) is 1. The summed E-state index contributed by atoms with van der Waals surface area (Å²) in [5, 5.41) is 8.93. The molecule has 0 bridgehead atoms. The topological polar surface area (TPSA) is 66.6 Å². The van der Waals surface area contributed by atoms with E-state index in [1.807, 2.05) is 6.07 Å². The Morgan fingerprint density at radius 1 is 1.50 bits per heavy atom. The van der Waals surface area contributed by atoms with E-state index < -0.39 is 12.3 Å². The fraction of sp³-hybridized carbons (Fsp3) is 0.100. The summed E-state index contributed by atoms with van der Waals surface area (Å²) in [6.07, 6.45) is -0.445. The summed E-state index contributed by atoms with van der Waals surface area (Å²) in [6.45, 7) is 3.46. The van der Waals surface area contributed by atoms with Crippen molar-refractivity contribution < 1.29 is 9.90 Å². The maximum absolute atomic E-state index is 10.9. The lowest BCUT2D eigenvalue weighted by Gasteiger charge is -2.23. The average Bonchev–Trinajstić information content (AvgIpc) is 2.19. The molecule has 0 heterocycles. The summed E-state index contributed by atoms with van der Waals surface area (Å²) >= 11 is 0. The predicted octanol–water partition coefficient (Wildman–Crippen LogP) is 1.64. The molecule has 1 amide bonds. The first kappa shape index (κ1) is 10.3. The maximum atomic E-state index is 10.9. The van der Waals surface area contributed by atoms with Gasteiger partial charge in [0.15, 0.2) is 0 Å². The number of carboxylic acid groups (broad SMARTS) is 1. The number of amides is 1. The lowest BCUT2D eigenvalue weighted by atomic mass is 10.3. The summed E-state index contributed by atoms with van der Waals surface area (Å²) in [5.74, 6) is 0. The molecule has 4 heteroatoms. The van der Waals surface area contributed by atoms with Crippen molar-refractivity contribution >= 4 is 11.8 Å². The van der Waals surface area contributed by atoms with Crippen molar-refractivity contribution in [2.24, 2.45) is 5.73 Å². The first-order valence-corrected chi connectivity index (χ1v) is 4.12. The Morgan fingerprint density at radius 2 is 2.07 bits per heavy atom. The van der Waals surface area contributed by atoms with Gasteiger partial charge in [-0.25, -0.2) is 4.79 Å². The van der Waals surface area contributed by atoms with Crippen LogP contribution in [-0.2, 0) is 0 Å². The van der Waals surface area contributed by atoms with Crippen LogP contribution in [0.3, 0.4) is 0 Å². The van der Waals surface area contributed by atoms with E-state index in [0.29, 0.717) is 5.69 Å². The van der Waals surface area contributed by atoms with Gasteiger partial charge < -0.3 is 10.8 Å². The Morgan fingerprint density at radius 3 is 2.50 bits per heavy atom. The van der Waals surface area contributed by atoms with Crippen LogP contribution in [0.5, 0.6) is 0 Å². The zero-order chi connectivity index (χ0) is 10.6. The summed E-state index contributed by atoms with van der Waals surface area (Å²) in [6, 6.07) is 8.67. The van der Waals surface area contributed by atoms with Gasteiger partial charge in [-0.15, -0.1) is 0 Å². The van der Waals surface area contributed by atoms with Crippen molar-refractivity contribution in [3.63, 3.8) is 0 Å². The highest BCUT2D eigenvalue weighted by Crippen LogP contribution is 2.14. The molecular formula is C10H12N2O2. The molecule has 1 rings (SSSR count). The van der Waals surface area contributed by atoms with Gasteiger partial charge in [-0.05, 0) is 12.1 Å².